The van der Waals surface area contributed by atoms with Crippen molar-refractivity contribution in [1.82, 2.24) is 5.32 Å². The van der Waals surface area contributed by atoms with Gasteiger partial charge in [-0.3, -0.25) is 0 Å². The molecule has 0 aromatic heterocycles. The fourth-order valence-electron chi connectivity index (χ4n) is 2.20. The van der Waals surface area contributed by atoms with Crippen LogP contribution in [-0.4, -0.2) is 6.54 Å². The molecule has 0 saturated carbocycles. The fraction of sp³-hybridized carbons (Fsp3) is 0.625. The molecule has 1 rings (SSSR count). The highest BCUT2D eigenvalue weighted by Gasteiger charge is 2.32. The monoisotopic (exact) mass is 287 g/mol. The smallest absolute Gasteiger partial charge is 0.309 e. The molecule has 0 bridgehead atoms. The van der Waals surface area contributed by atoms with Crippen LogP contribution in [0.3, 0.4) is 0 Å². The van der Waals surface area contributed by atoms with Gasteiger partial charge in [0.05, 0.1) is 5.56 Å². The van der Waals surface area contributed by atoms with E-state index in [1.165, 1.54) is 12.1 Å². The summed E-state index contributed by atoms with van der Waals surface area (Å²) < 4.78 is 37.8. The molecule has 20 heavy (non-hydrogen) atoms. The Labute approximate surface area is 119 Å². The maximum Gasteiger partial charge on any atom is 0.416 e. The predicted octanol–water partition coefficient (Wildman–Crippen LogP) is 5.18. The predicted molar refractivity (Wildman–Crippen MR) is 76.6 cm³/mol. The molecule has 0 aliphatic heterocycles. The summed E-state index contributed by atoms with van der Waals surface area (Å²) >= 11 is 0. The first-order chi connectivity index (χ1) is 9.22. The highest BCUT2D eigenvalue weighted by molar-refractivity contribution is 5.28. The summed E-state index contributed by atoms with van der Waals surface area (Å²) in [5.41, 5.74) is 0.317. The molecule has 0 fully saturated rings. The van der Waals surface area contributed by atoms with Gasteiger partial charge in [0, 0.05) is 6.04 Å². The van der Waals surface area contributed by atoms with Gasteiger partial charge < -0.3 is 5.32 Å². The minimum Gasteiger partial charge on any atom is -0.309 e. The van der Waals surface area contributed by atoms with Crippen LogP contribution in [0, 0.1) is 5.41 Å². The Balaban J connectivity index is 3.02. The van der Waals surface area contributed by atoms with E-state index < -0.39 is 11.7 Å². The van der Waals surface area contributed by atoms with Gasteiger partial charge in [0.25, 0.3) is 0 Å². The molecule has 0 saturated heterocycles. The Hall–Kier alpha value is -1.03. The van der Waals surface area contributed by atoms with E-state index in [4.69, 9.17) is 0 Å². The molecule has 1 aromatic rings. The molecule has 0 aliphatic rings. The molecular weight excluding hydrogens is 263 g/mol. The van der Waals surface area contributed by atoms with Gasteiger partial charge in [-0.05, 0) is 42.5 Å². The first-order valence-corrected chi connectivity index (χ1v) is 7.13. The van der Waals surface area contributed by atoms with E-state index in [0.717, 1.165) is 24.9 Å². The number of halogens is 3. The van der Waals surface area contributed by atoms with Crippen molar-refractivity contribution >= 4 is 0 Å². The SMILES string of the molecule is CCCNC(c1ccc(C(F)(F)F)cc1)C(C)(C)CC. The topological polar surface area (TPSA) is 12.0 Å². The molecule has 0 spiro atoms. The summed E-state index contributed by atoms with van der Waals surface area (Å²) in [7, 11) is 0. The van der Waals surface area contributed by atoms with Crippen molar-refractivity contribution in [1.29, 1.82) is 0 Å². The zero-order chi connectivity index (χ0) is 15.4. The van der Waals surface area contributed by atoms with Gasteiger partial charge in [0.2, 0.25) is 0 Å². The third-order valence-corrected chi connectivity index (χ3v) is 3.86. The van der Waals surface area contributed by atoms with Crippen molar-refractivity contribution in [3.05, 3.63) is 35.4 Å². The van der Waals surface area contributed by atoms with Crippen molar-refractivity contribution in [2.24, 2.45) is 5.41 Å². The Bertz CT molecular complexity index is 407. The first-order valence-electron chi connectivity index (χ1n) is 7.13. The Morgan fingerprint density at radius 1 is 1.05 bits per heavy atom. The zero-order valence-electron chi connectivity index (χ0n) is 12.6. The van der Waals surface area contributed by atoms with Gasteiger partial charge in [0.1, 0.15) is 0 Å². The second-order valence-electron chi connectivity index (χ2n) is 5.85. The minimum atomic E-state index is -4.27. The summed E-state index contributed by atoms with van der Waals surface area (Å²) in [6.45, 7) is 9.31. The van der Waals surface area contributed by atoms with Crippen LogP contribution in [0.15, 0.2) is 24.3 Å². The van der Waals surface area contributed by atoms with E-state index in [-0.39, 0.29) is 11.5 Å². The molecule has 1 aromatic carbocycles. The normalized spacial score (nSPS) is 14.3. The largest absolute Gasteiger partial charge is 0.416 e. The number of rotatable bonds is 6. The molecular formula is C16H24F3N. The average molecular weight is 287 g/mol. The van der Waals surface area contributed by atoms with Gasteiger partial charge in [-0.1, -0.05) is 39.8 Å². The molecule has 1 atom stereocenters. The van der Waals surface area contributed by atoms with E-state index in [2.05, 4.69) is 33.0 Å². The van der Waals surface area contributed by atoms with E-state index in [1.54, 1.807) is 12.1 Å². The molecule has 0 radical (unpaired) electrons. The van der Waals surface area contributed by atoms with Crippen LogP contribution in [0.2, 0.25) is 0 Å². The quantitative estimate of drug-likeness (QED) is 0.760. The highest BCUT2D eigenvalue weighted by atomic mass is 19.4. The number of hydrogen-bond donors (Lipinski definition) is 1. The molecule has 4 heteroatoms. The fourth-order valence-corrected chi connectivity index (χ4v) is 2.20. The molecule has 0 amide bonds. The first kappa shape index (κ1) is 17.0. The van der Waals surface area contributed by atoms with E-state index in [0.29, 0.717) is 0 Å². The van der Waals surface area contributed by atoms with Crippen LogP contribution in [0.5, 0.6) is 0 Å². The minimum absolute atomic E-state index is 0.00504. The van der Waals surface area contributed by atoms with Gasteiger partial charge in [-0.2, -0.15) is 13.2 Å². The van der Waals surface area contributed by atoms with Crippen molar-refractivity contribution in [2.75, 3.05) is 6.54 Å². The lowest BCUT2D eigenvalue weighted by Crippen LogP contribution is -2.34. The molecule has 114 valence electrons. The molecule has 0 aliphatic carbocycles. The standard InChI is InChI=1S/C16H24F3N/c1-5-11-20-14(15(3,4)6-2)12-7-9-13(10-8-12)16(17,18)19/h7-10,14,20H,5-6,11H2,1-4H3. The van der Waals surface area contributed by atoms with Crippen molar-refractivity contribution in [2.45, 2.75) is 52.8 Å². The zero-order valence-corrected chi connectivity index (χ0v) is 12.6. The second-order valence-corrected chi connectivity index (χ2v) is 5.85. The number of benzene rings is 1. The average Bonchev–Trinajstić information content (AvgIpc) is 2.38. The molecule has 1 unspecified atom stereocenters. The Kier molecular flexibility index (Phi) is 5.63. The number of hydrogen-bond acceptors (Lipinski definition) is 1. The van der Waals surface area contributed by atoms with Crippen LogP contribution in [0.25, 0.3) is 0 Å². The van der Waals surface area contributed by atoms with E-state index in [1.807, 2.05) is 0 Å². The number of alkyl halides is 3. The summed E-state index contributed by atoms with van der Waals surface area (Å²) in [5, 5.41) is 3.45. The summed E-state index contributed by atoms with van der Waals surface area (Å²) in [4.78, 5) is 0. The van der Waals surface area contributed by atoms with E-state index in [9.17, 15) is 13.2 Å². The van der Waals surface area contributed by atoms with Crippen LogP contribution in [0.4, 0.5) is 13.2 Å². The van der Waals surface area contributed by atoms with Crippen LogP contribution in [-0.2, 0) is 6.18 Å². The van der Waals surface area contributed by atoms with Crippen LogP contribution in [0.1, 0.15) is 57.7 Å². The molecule has 1 N–H and O–H groups in total. The lowest BCUT2D eigenvalue weighted by Gasteiger charge is -2.35. The van der Waals surface area contributed by atoms with Crippen LogP contribution >= 0.6 is 0 Å². The highest BCUT2D eigenvalue weighted by Crippen LogP contribution is 2.37. The maximum atomic E-state index is 12.6. The summed E-state index contributed by atoms with van der Waals surface area (Å²) in [5.74, 6) is 0. The van der Waals surface area contributed by atoms with Crippen molar-refractivity contribution in [3.8, 4) is 0 Å². The van der Waals surface area contributed by atoms with Gasteiger partial charge in [-0.15, -0.1) is 0 Å². The van der Waals surface area contributed by atoms with Gasteiger partial charge in [-0.25, -0.2) is 0 Å². The molecule has 1 nitrogen and oxygen atoms in total. The maximum absolute atomic E-state index is 12.6. The second kappa shape index (κ2) is 6.61. The van der Waals surface area contributed by atoms with E-state index >= 15 is 0 Å². The lowest BCUT2D eigenvalue weighted by molar-refractivity contribution is -0.137. The van der Waals surface area contributed by atoms with Crippen molar-refractivity contribution in [3.63, 3.8) is 0 Å². The van der Waals surface area contributed by atoms with Crippen molar-refractivity contribution < 1.29 is 13.2 Å². The van der Waals surface area contributed by atoms with Crippen LogP contribution < -0.4 is 5.32 Å². The molecule has 0 heterocycles. The Morgan fingerprint density at radius 3 is 2.00 bits per heavy atom. The van der Waals surface area contributed by atoms with Gasteiger partial charge in [0.15, 0.2) is 0 Å². The Morgan fingerprint density at radius 2 is 1.60 bits per heavy atom. The number of nitrogens with one attached hydrogen (secondary N) is 1. The van der Waals surface area contributed by atoms with Gasteiger partial charge >= 0.3 is 6.18 Å². The summed E-state index contributed by atoms with van der Waals surface area (Å²) in [6.07, 6.45) is -2.32. The lowest BCUT2D eigenvalue weighted by atomic mass is 9.78. The summed E-state index contributed by atoms with van der Waals surface area (Å²) in [6, 6.07) is 5.58. The third-order valence-electron chi connectivity index (χ3n) is 3.86. The third kappa shape index (κ3) is 4.23.